The predicted molar refractivity (Wildman–Crippen MR) is 79.0 cm³/mol. The summed E-state index contributed by atoms with van der Waals surface area (Å²) in [5.74, 6) is 1.15. The summed E-state index contributed by atoms with van der Waals surface area (Å²) in [4.78, 5) is 1.39. The van der Waals surface area contributed by atoms with E-state index in [-0.39, 0.29) is 0 Å². The fourth-order valence-electron chi connectivity index (χ4n) is 1.81. The maximum Gasteiger partial charge on any atom is 0.0106 e. The highest BCUT2D eigenvalue weighted by Crippen LogP contribution is 2.20. The van der Waals surface area contributed by atoms with Crippen molar-refractivity contribution in [3.63, 3.8) is 0 Å². The molecule has 2 heteroatoms. The summed E-state index contributed by atoms with van der Waals surface area (Å²) in [6, 6.07) is 7.38. The van der Waals surface area contributed by atoms with E-state index >= 15 is 0 Å². The van der Waals surface area contributed by atoms with Gasteiger partial charge in [-0.25, -0.2) is 0 Å². The average Bonchev–Trinajstić information content (AvgIpc) is 2.29. The Morgan fingerprint density at radius 2 is 2.00 bits per heavy atom. The zero-order valence-corrected chi connectivity index (χ0v) is 12.4. The van der Waals surface area contributed by atoms with Gasteiger partial charge in [0.05, 0.1) is 0 Å². The van der Waals surface area contributed by atoms with Crippen LogP contribution in [-0.4, -0.2) is 18.3 Å². The zero-order chi connectivity index (χ0) is 12.7. The van der Waals surface area contributed by atoms with Crippen LogP contribution < -0.4 is 5.32 Å². The molecule has 0 fully saturated rings. The summed E-state index contributed by atoms with van der Waals surface area (Å²) >= 11 is 1.94. The van der Waals surface area contributed by atoms with Crippen molar-refractivity contribution in [2.24, 2.45) is 0 Å². The van der Waals surface area contributed by atoms with Crippen LogP contribution in [0.25, 0.3) is 0 Å². The summed E-state index contributed by atoms with van der Waals surface area (Å²) < 4.78 is 0. The second-order valence-corrected chi connectivity index (χ2v) is 5.91. The Morgan fingerprint density at radius 3 is 2.65 bits per heavy atom. The minimum atomic E-state index is 0.653. The SMILES string of the molecule is CCCC(C)NCCSc1ccc(C)c(C)c1. The molecule has 1 rings (SSSR count). The normalized spacial score (nSPS) is 12.7. The van der Waals surface area contributed by atoms with Gasteiger partial charge >= 0.3 is 0 Å². The number of hydrogen-bond acceptors (Lipinski definition) is 2. The van der Waals surface area contributed by atoms with Crippen molar-refractivity contribution in [1.82, 2.24) is 5.32 Å². The molecular formula is C15H25NS. The van der Waals surface area contributed by atoms with Crippen LogP contribution in [0.1, 0.15) is 37.8 Å². The van der Waals surface area contributed by atoms with E-state index < -0.39 is 0 Å². The van der Waals surface area contributed by atoms with Gasteiger partial charge in [-0.15, -0.1) is 11.8 Å². The number of thioether (sulfide) groups is 1. The monoisotopic (exact) mass is 251 g/mol. The molecule has 1 aromatic rings. The van der Waals surface area contributed by atoms with Crippen molar-refractivity contribution in [3.05, 3.63) is 29.3 Å². The van der Waals surface area contributed by atoms with Crippen molar-refractivity contribution in [3.8, 4) is 0 Å². The lowest BCUT2D eigenvalue weighted by Gasteiger charge is -2.12. The van der Waals surface area contributed by atoms with Crippen LogP contribution in [0.15, 0.2) is 23.1 Å². The maximum absolute atomic E-state index is 3.56. The van der Waals surface area contributed by atoms with Crippen molar-refractivity contribution in [1.29, 1.82) is 0 Å². The second kappa shape index (κ2) is 7.78. The molecule has 1 atom stereocenters. The number of rotatable bonds is 7. The standard InChI is InChI=1S/C15H25NS/c1-5-6-14(4)16-9-10-17-15-8-7-12(2)13(3)11-15/h7-8,11,14,16H,5-6,9-10H2,1-4H3. The number of aryl methyl sites for hydroxylation is 2. The summed E-state index contributed by atoms with van der Waals surface area (Å²) in [6.45, 7) is 9.95. The highest BCUT2D eigenvalue weighted by atomic mass is 32.2. The number of hydrogen-bond donors (Lipinski definition) is 1. The van der Waals surface area contributed by atoms with Crippen molar-refractivity contribution in [2.75, 3.05) is 12.3 Å². The molecule has 0 saturated heterocycles. The molecule has 1 aromatic carbocycles. The van der Waals surface area contributed by atoms with E-state index in [9.17, 15) is 0 Å². The van der Waals surface area contributed by atoms with E-state index in [1.54, 1.807) is 0 Å². The fourth-order valence-corrected chi connectivity index (χ4v) is 2.69. The molecule has 0 aliphatic rings. The lowest BCUT2D eigenvalue weighted by atomic mass is 10.1. The highest BCUT2D eigenvalue weighted by molar-refractivity contribution is 7.99. The van der Waals surface area contributed by atoms with Crippen molar-refractivity contribution < 1.29 is 0 Å². The van der Waals surface area contributed by atoms with Gasteiger partial charge in [0.25, 0.3) is 0 Å². The molecule has 96 valence electrons. The van der Waals surface area contributed by atoms with E-state index in [0.717, 1.165) is 12.3 Å². The molecule has 17 heavy (non-hydrogen) atoms. The molecule has 0 aromatic heterocycles. The molecule has 1 nitrogen and oxygen atoms in total. The van der Waals surface area contributed by atoms with Gasteiger partial charge in [-0.05, 0) is 50.5 Å². The summed E-state index contributed by atoms with van der Waals surface area (Å²) in [6.07, 6.45) is 2.53. The minimum Gasteiger partial charge on any atom is -0.313 e. The summed E-state index contributed by atoms with van der Waals surface area (Å²) in [7, 11) is 0. The van der Waals surface area contributed by atoms with Crippen LogP contribution in [0.2, 0.25) is 0 Å². The Morgan fingerprint density at radius 1 is 1.24 bits per heavy atom. The zero-order valence-electron chi connectivity index (χ0n) is 11.5. The molecule has 0 spiro atoms. The van der Waals surface area contributed by atoms with Crippen molar-refractivity contribution in [2.45, 2.75) is 51.5 Å². The Balaban J connectivity index is 2.24. The predicted octanol–water partition coefficient (Wildman–Crippen LogP) is 4.17. The third kappa shape index (κ3) is 5.60. The van der Waals surface area contributed by atoms with Gasteiger partial charge < -0.3 is 5.32 Å². The molecule has 0 radical (unpaired) electrons. The average molecular weight is 251 g/mol. The van der Waals surface area contributed by atoms with Crippen LogP contribution in [0.5, 0.6) is 0 Å². The topological polar surface area (TPSA) is 12.0 Å². The first-order chi connectivity index (χ1) is 8.13. The molecule has 0 saturated carbocycles. The summed E-state index contributed by atoms with van der Waals surface area (Å²) in [5.41, 5.74) is 2.77. The van der Waals surface area contributed by atoms with E-state index in [1.807, 2.05) is 11.8 Å². The molecule has 1 N–H and O–H groups in total. The van der Waals surface area contributed by atoms with E-state index in [2.05, 4.69) is 51.2 Å². The largest absolute Gasteiger partial charge is 0.313 e. The van der Waals surface area contributed by atoms with Gasteiger partial charge in [-0.1, -0.05) is 19.4 Å². The first-order valence-electron chi connectivity index (χ1n) is 6.57. The Labute approximate surface area is 110 Å². The fraction of sp³-hybridized carbons (Fsp3) is 0.600. The van der Waals surface area contributed by atoms with Crippen LogP contribution in [0.4, 0.5) is 0 Å². The van der Waals surface area contributed by atoms with E-state index in [1.165, 1.54) is 28.9 Å². The van der Waals surface area contributed by atoms with Crippen LogP contribution in [0.3, 0.4) is 0 Å². The van der Waals surface area contributed by atoms with Gasteiger partial charge in [-0.3, -0.25) is 0 Å². The van der Waals surface area contributed by atoms with E-state index in [4.69, 9.17) is 0 Å². The van der Waals surface area contributed by atoms with Gasteiger partial charge in [0, 0.05) is 23.2 Å². The van der Waals surface area contributed by atoms with Gasteiger partial charge in [0.1, 0.15) is 0 Å². The van der Waals surface area contributed by atoms with Gasteiger partial charge in [0.2, 0.25) is 0 Å². The number of nitrogens with one attached hydrogen (secondary N) is 1. The minimum absolute atomic E-state index is 0.653. The molecule has 0 aliphatic carbocycles. The molecule has 0 heterocycles. The summed E-state index contributed by atoms with van der Waals surface area (Å²) in [5, 5.41) is 3.56. The number of benzene rings is 1. The first kappa shape index (κ1) is 14.6. The van der Waals surface area contributed by atoms with Gasteiger partial charge in [-0.2, -0.15) is 0 Å². The van der Waals surface area contributed by atoms with Crippen molar-refractivity contribution >= 4 is 11.8 Å². The van der Waals surface area contributed by atoms with Crippen LogP contribution >= 0.6 is 11.8 Å². The Hall–Kier alpha value is -0.470. The molecule has 1 unspecified atom stereocenters. The third-order valence-corrected chi connectivity index (χ3v) is 4.06. The third-order valence-electron chi connectivity index (χ3n) is 3.06. The van der Waals surface area contributed by atoms with E-state index in [0.29, 0.717) is 6.04 Å². The van der Waals surface area contributed by atoms with Crippen LogP contribution in [-0.2, 0) is 0 Å². The second-order valence-electron chi connectivity index (χ2n) is 4.74. The lowest BCUT2D eigenvalue weighted by Crippen LogP contribution is -2.27. The first-order valence-corrected chi connectivity index (χ1v) is 7.55. The molecular weight excluding hydrogens is 226 g/mol. The Kier molecular flexibility index (Phi) is 6.68. The lowest BCUT2D eigenvalue weighted by molar-refractivity contribution is 0.526. The smallest absolute Gasteiger partial charge is 0.0106 e. The maximum atomic E-state index is 3.56. The van der Waals surface area contributed by atoms with Crippen LogP contribution in [0, 0.1) is 13.8 Å². The molecule has 0 amide bonds. The quantitative estimate of drug-likeness (QED) is 0.576. The molecule has 0 aliphatic heterocycles. The Bertz CT molecular complexity index is 336. The molecule has 0 bridgehead atoms. The van der Waals surface area contributed by atoms with Gasteiger partial charge in [0.15, 0.2) is 0 Å². The highest BCUT2D eigenvalue weighted by Gasteiger charge is 2.00.